The van der Waals surface area contributed by atoms with Crippen LogP contribution in [0.3, 0.4) is 0 Å². The van der Waals surface area contributed by atoms with Gasteiger partial charge in [0.15, 0.2) is 28.4 Å². The summed E-state index contributed by atoms with van der Waals surface area (Å²) >= 11 is 7.39. The largest absolute Gasteiger partial charge is 0.332 e. The predicted octanol–water partition coefficient (Wildman–Crippen LogP) is 5.43. The molecule has 8 heteroatoms. The lowest BCUT2D eigenvalue weighted by Gasteiger charge is -2.15. The van der Waals surface area contributed by atoms with Crippen molar-refractivity contribution in [1.29, 1.82) is 0 Å². The Balaban J connectivity index is 2.30. The van der Waals surface area contributed by atoms with Crippen LogP contribution in [0.15, 0.2) is 22.7 Å². The first-order valence-corrected chi connectivity index (χ1v) is 7.59. The fraction of sp³-hybridized carbons (Fsp3) is 0.133. The van der Waals surface area contributed by atoms with Crippen LogP contribution in [-0.4, -0.2) is 5.11 Å². The summed E-state index contributed by atoms with van der Waals surface area (Å²) in [7, 11) is 0. The van der Waals surface area contributed by atoms with Crippen LogP contribution in [0, 0.1) is 37.1 Å². The van der Waals surface area contributed by atoms with E-state index >= 15 is 0 Å². The summed E-state index contributed by atoms with van der Waals surface area (Å²) in [5.41, 5.74) is 1.48. The fourth-order valence-electron chi connectivity index (χ4n) is 1.87. The Hall–Kier alpha value is -1.67. The van der Waals surface area contributed by atoms with Crippen molar-refractivity contribution >= 4 is 44.6 Å². The Morgan fingerprint density at radius 2 is 1.52 bits per heavy atom. The minimum atomic E-state index is -1.57. The first-order chi connectivity index (χ1) is 10.7. The summed E-state index contributed by atoms with van der Waals surface area (Å²) in [4.78, 5) is 0. The number of thiocarbonyl (C=S) groups is 1. The van der Waals surface area contributed by atoms with Gasteiger partial charge < -0.3 is 10.6 Å². The van der Waals surface area contributed by atoms with Crippen molar-refractivity contribution in [3.8, 4) is 0 Å². The summed E-state index contributed by atoms with van der Waals surface area (Å²) in [6.45, 7) is 3.72. The minimum Gasteiger partial charge on any atom is -0.332 e. The van der Waals surface area contributed by atoms with Gasteiger partial charge in [-0.2, -0.15) is 0 Å². The van der Waals surface area contributed by atoms with Crippen molar-refractivity contribution in [3.63, 3.8) is 0 Å². The fourth-order valence-corrected chi connectivity index (χ4v) is 2.43. The van der Waals surface area contributed by atoms with Crippen molar-refractivity contribution in [1.82, 2.24) is 0 Å². The van der Waals surface area contributed by atoms with E-state index in [2.05, 4.69) is 26.6 Å². The van der Waals surface area contributed by atoms with E-state index < -0.39 is 33.4 Å². The predicted molar refractivity (Wildman–Crippen MR) is 89.7 cm³/mol. The van der Waals surface area contributed by atoms with E-state index in [4.69, 9.17) is 12.2 Å². The van der Waals surface area contributed by atoms with Gasteiger partial charge in [0.25, 0.3) is 0 Å². The first kappa shape index (κ1) is 17.7. The molecule has 0 fully saturated rings. The Morgan fingerprint density at radius 3 is 2.09 bits per heavy atom. The van der Waals surface area contributed by atoms with Crippen LogP contribution in [-0.2, 0) is 0 Å². The summed E-state index contributed by atoms with van der Waals surface area (Å²) in [5, 5.41) is 4.69. The molecule has 0 aliphatic rings. The van der Waals surface area contributed by atoms with Gasteiger partial charge in [-0.3, -0.25) is 0 Å². The molecule has 2 aromatic carbocycles. The van der Waals surface area contributed by atoms with Gasteiger partial charge in [-0.1, -0.05) is 12.1 Å². The quantitative estimate of drug-likeness (QED) is 0.301. The number of hydrogen-bond acceptors (Lipinski definition) is 1. The van der Waals surface area contributed by atoms with Crippen LogP contribution in [0.2, 0.25) is 0 Å². The number of benzene rings is 2. The first-order valence-electron chi connectivity index (χ1n) is 6.39. The van der Waals surface area contributed by atoms with Crippen LogP contribution < -0.4 is 10.6 Å². The molecule has 2 N–H and O–H groups in total. The number of anilines is 2. The second-order valence-electron chi connectivity index (χ2n) is 4.77. The SMILES string of the molecule is Cc1cccc(NC(=S)Nc2c(F)c(F)c(Br)c(F)c2F)c1C. The summed E-state index contributed by atoms with van der Waals surface area (Å²) in [6, 6.07) is 5.37. The molecule has 0 bridgehead atoms. The third-order valence-electron chi connectivity index (χ3n) is 3.30. The lowest BCUT2D eigenvalue weighted by Crippen LogP contribution is -2.22. The average molecular weight is 407 g/mol. The van der Waals surface area contributed by atoms with Crippen LogP contribution in [0.4, 0.5) is 28.9 Å². The molecule has 0 aromatic heterocycles. The highest BCUT2D eigenvalue weighted by Gasteiger charge is 2.24. The molecule has 2 aromatic rings. The molecule has 0 spiro atoms. The molecule has 0 unspecified atom stereocenters. The van der Waals surface area contributed by atoms with E-state index in [0.717, 1.165) is 11.1 Å². The van der Waals surface area contributed by atoms with Crippen LogP contribution >= 0.6 is 28.1 Å². The zero-order valence-electron chi connectivity index (χ0n) is 12.0. The zero-order chi connectivity index (χ0) is 17.3. The van der Waals surface area contributed by atoms with Crippen molar-refractivity contribution in [3.05, 3.63) is 57.1 Å². The van der Waals surface area contributed by atoms with Crippen LogP contribution in [0.5, 0.6) is 0 Å². The highest BCUT2D eigenvalue weighted by Crippen LogP contribution is 2.31. The summed E-state index contributed by atoms with van der Waals surface area (Å²) in [5.74, 6) is -6.22. The van der Waals surface area contributed by atoms with Crippen LogP contribution in [0.1, 0.15) is 11.1 Å². The van der Waals surface area contributed by atoms with Gasteiger partial charge in [0.2, 0.25) is 0 Å². The maximum Gasteiger partial charge on any atom is 0.186 e. The van der Waals surface area contributed by atoms with Gasteiger partial charge in [-0.05, 0) is 59.2 Å². The minimum absolute atomic E-state index is 0.197. The third kappa shape index (κ3) is 3.48. The molecule has 2 nitrogen and oxygen atoms in total. The van der Waals surface area contributed by atoms with Crippen molar-refractivity contribution in [2.24, 2.45) is 0 Å². The third-order valence-corrected chi connectivity index (χ3v) is 4.20. The van der Waals surface area contributed by atoms with E-state index in [1.807, 2.05) is 19.9 Å². The number of nitrogens with one attached hydrogen (secondary N) is 2. The molecule has 0 aliphatic heterocycles. The van der Waals surface area contributed by atoms with Gasteiger partial charge in [-0.25, -0.2) is 17.6 Å². The molecule has 0 heterocycles. The molecule has 0 aliphatic carbocycles. The molecule has 23 heavy (non-hydrogen) atoms. The topological polar surface area (TPSA) is 24.1 Å². The van der Waals surface area contributed by atoms with Gasteiger partial charge in [-0.15, -0.1) is 0 Å². The molecule has 2 rings (SSSR count). The number of rotatable bonds is 2. The van der Waals surface area contributed by atoms with Gasteiger partial charge in [0.1, 0.15) is 5.69 Å². The lowest BCUT2D eigenvalue weighted by molar-refractivity contribution is 0.452. The van der Waals surface area contributed by atoms with Crippen molar-refractivity contribution in [2.75, 3.05) is 10.6 Å². The molecular formula is C15H11BrF4N2S. The average Bonchev–Trinajstić information content (AvgIpc) is 2.52. The van der Waals surface area contributed by atoms with E-state index in [0.29, 0.717) is 5.69 Å². The molecule has 0 saturated carbocycles. The van der Waals surface area contributed by atoms with Crippen molar-refractivity contribution < 1.29 is 17.6 Å². The molecule has 122 valence electrons. The Morgan fingerprint density at radius 1 is 0.957 bits per heavy atom. The van der Waals surface area contributed by atoms with Gasteiger partial charge in [0.05, 0.1) is 4.47 Å². The number of halogens is 5. The lowest BCUT2D eigenvalue weighted by atomic mass is 10.1. The highest BCUT2D eigenvalue weighted by atomic mass is 79.9. The molecule has 0 radical (unpaired) electrons. The maximum absolute atomic E-state index is 13.8. The summed E-state index contributed by atoms with van der Waals surface area (Å²) in [6.07, 6.45) is 0. The maximum atomic E-state index is 13.8. The Kier molecular flexibility index (Phi) is 5.26. The number of hydrogen-bond donors (Lipinski definition) is 2. The smallest absolute Gasteiger partial charge is 0.186 e. The van der Waals surface area contributed by atoms with Crippen molar-refractivity contribution in [2.45, 2.75) is 13.8 Å². The Labute approximate surface area is 144 Å². The van der Waals surface area contributed by atoms with E-state index in [1.165, 1.54) is 0 Å². The monoisotopic (exact) mass is 406 g/mol. The molecule has 0 atom stereocenters. The molecule has 0 amide bonds. The number of aryl methyl sites for hydroxylation is 1. The molecule has 0 saturated heterocycles. The second-order valence-corrected chi connectivity index (χ2v) is 5.97. The van der Waals surface area contributed by atoms with Gasteiger partial charge >= 0.3 is 0 Å². The molecular weight excluding hydrogens is 396 g/mol. The zero-order valence-corrected chi connectivity index (χ0v) is 14.4. The van der Waals surface area contributed by atoms with E-state index in [1.54, 1.807) is 12.1 Å². The Bertz CT molecular complexity index is 767. The van der Waals surface area contributed by atoms with E-state index in [-0.39, 0.29) is 5.11 Å². The normalized spacial score (nSPS) is 10.6. The highest BCUT2D eigenvalue weighted by molar-refractivity contribution is 9.10. The van der Waals surface area contributed by atoms with E-state index in [9.17, 15) is 17.6 Å². The van der Waals surface area contributed by atoms with Gasteiger partial charge in [0, 0.05) is 5.69 Å². The van der Waals surface area contributed by atoms with Crippen LogP contribution in [0.25, 0.3) is 0 Å². The standard InChI is InChI=1S/C15H11BrF4N2S/c1-6-4-3-5-8(7(6)2)21-15(23)22-14-12(19)10(17)9(16)11(18)13(14)20/h3-5H,1-2H3,(H2,21,22,23). The summed E-state index contributed by atoms with van der Waals surface area (Å²) < 4.78 is 53.6. The second kappa shape index (κ2) is 6.84.